The maximum Gasteiger partial charge on any atom is 0.317 e. The van der Waals surface area contributed by atoms with Crippen LogP contribution in [0.1, 0.15) is 5.56 Å². The van der Waals surface area contributed by atoms with Gasteiger partial charge in [0, 0.05) is 26.3 Å². The second-order valence-corrected chi connectivity index (χ2v) is 4.09. The number of ether oxygens (including phenoxy) is 1. The number of carbonyl (C=O) groups is 1. The van der Waals surface area contributed by atoms with Crippen LogP contribution in [0.2, 0.25) is 0 Å². The third-order valence-corrected chi connectivity index (χ3v) is 2.64. The number of carboxylic acid groups (broad SMARTS) is 1. The molecule has 1 N–H and O–H groups in total. The molecule has 1 rings (SSSR count). The first-order valence-electron chi connectivity index (χ1n) is 5.80. The van der Waals surface area contributed by atoms with Gasteiger partial charge in [-0.15, -0.1) is 0 Å². The van der Waals surface area contributed by atoms with E-state index in [1.807, 2.05) is 0 Å². The van der Waals surface area contributed by atoms with E-state index in [4.69, 9.17) is 9.84 Å². The van der Waals surface area contributed by atoms with Crippen molar-refractivity contribution in [3.8, 4) is 0 Å². The number of nitro benzene ring substituents is 1. The molecule has 0 spiro atoms. The van der Waals surface area contributed by atoms with Gasteiger partial charge in [0.1, 0.15) is 5.82 Å². The van der Waals surface area contributed by atoms with Gasteiger partial charge in [-0.05, 0) is 6.07 Å². The minimum Gasteiger partial charge on any atom is -0.480 e. The van der Waals surface area contributed by atoms with Gasteiger partial charge in [-0.1, -0.05) is 6.07 Å². The molecular weight excluding hydrogens is 271 g/mol. The van der Waals surface area contributed by atoms with Crippen LogP contribution in [0.25, 0.3) is 0 Å². The summed E-state index contributed by atoms with van der Waals surface area (Å²) in [5.41, 5.74) is -0.493. The summed E-state index contributed by atoms with van der Waals surface area (Å²) in [5, 5.41) is 19.7. The van der Waals surface area contributed by atoms with Crippen molar-refractivity contribution in [2.24, 2.45) is 0 Å². The Labute approximate surface area is 114 Å². The number of hydrogen-bond acceptors (Lipinski definition) is 5. The largest absolute Gasteiger partial charge is 0.480 e. The highest BCUT2D eigenvalue weighted by molar-refractivity contribution is 5.69. The smallest absolute Gasteiger partial charge is 0.317 e. The predicted octanol–water partition coefficient (Wildman–Crippen LogP) is 1.27. The van der Waals surface area contributed by atoms with E-state index < -0.39 is 16.7 Å². The molecule has 0 aliphatic heterocycles. The molecule has 110 valence electrons. The van der Waals surface area contributed by atoms with Crippen molar-refractivity contribution >= 4 is 11.7 Å². The quantitative estimate of drug-likeness (QED) is 0.571. The maximum absolute atomic E-state index is 13.7. The summed E-state index contributed by atoms with van der Waals surface area (Å²) in [6, 6.07) is 3.54. The number of hydrogen-bond donors (Lipinski definition) is 1. The Bertz CT molecular complexity index is 495. The maximum atomic E-state index is 13.7. The summed E-state index contributed by atoms with van der Waals surface area (Å²) in [6.45, 7) is -0.0443. The summed E-state index contributed by atoms with van der Waals surface area (Å²) < 4.78 is 18.6. The van der Waals surface area contributed by atoms with Crippen LogP contribution in [0.3, 0.4) is 0 Å². The highest BCUT2D eigenvalue weighted by Crippen LogP contribution is 2.22. The van der Waals surface area contributed by atoms with Crippen LogP contribution in [0.4, 0.5) is 10.1 Å². The Balaban J connectivity index is 2.97. The van der Waals surface area contributed by atoms with Crippen LogP contribution in [-0.2, 0) is 16.1 Å². The standard InChI is InChI=1S/C12H15FN2O5/c1-20-6-5-14(8-12(16)17)7-9-10(13)3-2-4-11(9)15(18)19/h2-4H,5-8H2,1H3,(H,16,17). The summed E-state index contributed by atoms with van der Waals surface area (Å²) in [7, 11) is 1.45. The normalized spacial score (nSPS) is 10.8. The van der Waals surface area contributed by atoms with Crippen LogP contribution >= 0.6 is 0 Å². The van der Waals surface area contributed by atoms with Crippen molar-refractivity contribution < 1.29 is 24.0 Å². The Kier molecular flexibility index (Phi) is 6.01. The Morgan fingerprint density at radius 2 is 2.25 bits per heavy atom. The molecule has 0 aliphatic rings. The van der Waals surface area contributed by atoms with Gasteiger partial charge >= 0.3 is 5.97 Å². The molecule has 7 nitrogen and oxygen atoms in total. The van der Waals surface area contributed by atoms with Gasteiger partial charge in [-0.25, -0.2) is 4.39 Å². The average molecular weight is 286 g/mol. The fourth-order valence-corrected chi connectivity index (χ4v) is 1.72. The number of halogens is 1. The van der Waals surface area contributed by atoms with Crippen LogP contribution in [0.5, 0.6) is 0 Å². The molecule has 1 aromatic rings. The lowest BCUT2D eigenvalue weighted by Gasteiger charge is -2.19. The number of rotatable bonds is 8. The molecule has 0 bridgehead atoms. The van der Waals surface area contributed by atoms with Gasteiger partial charge in [0.05, 0.1) is 23.6 Å². The first kappa shape index (κ1) is 16.0. The number of aliphatic carboxylic acids is 1. The molecule has 0 heterocycles. The number of benzene rings is 1. The highest BCUT2D eigenvalue weighted by Gasteiger charge is 2.21. The molecule has 0 saturated carbocycles. The van der Waals surface area contributed by atoms with Crippen molar-refractivity contribution in [3.05, 3.63) is 39.7 Å². The molecule has 20 heavy (non-hydrogen) atoms. The van der Waals surface area contributed by atoms with Gasteiger partial charge in [0.15, 0.2) is 0 Å². The molecule has 0 atom stereocenters. The molecule has 0 saturated heterocycles. The fraction of sp³-hybridized carbons (Fsp3) is 0.417. The van der Waals surface area contributed by atoms with Gasteiger partial charge in [-0.3, -0.25) is 19.8 Å². The molecule has 0 fully saturated rings. The van der Waals surface area contributed by atoms with Crippen molar-refractivity contribution in [2.45, 2.75) is 6.54 Å². The molecule has 0 unspecified atom stereocenters. The minimum absolute atomic E-state index is 0.130. The highest BCUT2D eigenvalue weighted by atomic mass is 19.1. The van der Waals surface area contributed by atoms with Gasteiger partial charge < -0.3 is 9.84 Å². The van der Waals surface area contributed by atoms with E-state index in [1.165, 1.54) is 24.1 Å². The molecule has 1 aromatic carbocycles. The second-order valence-electron chi connectivity index (χ2n) is 4.09. The first-order chi connectivity index (χ1) is 9.45. The Morgan fingerprint density at radius 3 is 2.80 bits per heavy atom. The van der Waals surface area contributed by atoms with Crippen LogP contribution in [0, 0.1) is 15.9 Å². The molecular formula is C12H15FN2O5. The number of methoxy groups -OCH3 is 1. The monoisotopic (exact) mass is 286 g/mol. The topological polar surface area (TPSA) is 92.9 Å². The predicted molar refractivity (Wildman–Crippen MR) is 67.8 cm³/mol. The molecule has 8 heteroatoms. The SMILES string of the molecule is COCCN(CC(=O)O)Cc1c(F)cccc1[N+](=O)[O-]. The summed E-state index contributed by atoms with van der Waals surface area (Å²) in [4.78, 5) is 22.3. The fourth-order valence-electron chi connectivity index (χ4n) is 1.72. The zero-order valence-corrected chi connectivity index (χ0v) is 10.9. The number of nitrogens with zero attached hydrogens (tertiary/aromatic N) is 2. The third-order valence-electron chi connectivity index (χ3n) is 2.64. The summed E-state index contributed by atoms with van der Waals surface area (Å²) >= 11 is 0. The van der Waals surface area contributed by atoms with Gasteiger partial charge in [0.25, 0.3) is 5.69 Å². The molecule has 0 aromatic heterocycles. The Morgan fingerprint density at radius 1 is 1.55 bits per heavy atom. The second kappa shape index (κ2) is 7.51. The van der Waals surface area contributed by atoms with Crippen molar-refractivity contribution in [2.75, 3.05) is 26.8 Å². The summed E-state index contributed by atoms with van der Waals surface area (Å²) in [6.07, 6.45) is 0. The minimum atomic E-state index is -1.10. The zero-order valence-electron chi connectivity index (χ0n) is 10.9. The van der Waals surface area contributed by atoms with Crippen molar-refractivity contribution in [3.63, 3.8) is 0 Å². The van der Waals surface area contributed by atoms with Crippen molar-refractivity contribution in [1.82, 2.24) is 4.90 Å². The van der Waals surface area contributed by atoms with Crippen LogP contribution in [0.15, 0.2) is 18.2 Å². The average Bonchev–Trinajstić information content (AvgIpc) is 2.37. The molecule has 0 amide bonds. The third kappa shape index (κ3) is 4.56. The van der Waals surface area contributed by atoms with Crippen LogP contribution in [-0.4, -0.2) is 47.7 Å². The van der Waals surface area contributed by atoms with E-state index in [1.54, 1.807) is 0 Å². The van der Waals surface area contributed by atoms with Gasteiger partial charge in [0.2, 0.25) is 0 Å². The number of carboxylic acids is 1. The Hall–Kier alpha value is -2.06. The van der Waals surface area contributed by atoms with Gasteiger partial charge in [-0.2, -0.15) is 0 Å². The number of nitro groups is 1. The lowest BCUT2D eigenvalue weighted by Crippen LogP contribution is -2.32. The zero-order chi connectivity index (χ0) is 15.1. The first-order valence-corrected chi connectivity index (χ1v) is 5.80. The van der Waals surface area contributed by atoms with E-state index in [2.05, 4.69) is 0 Å². The summed E-state index contributed by atoms with van der Waals surface area (Å²) in [5.74, 6) is -1.83. The lowest BCUT2D eigenvalue weighted by atomic mass is 10.1. The van der Waals surface area contributed by atoms with E-state index >= 15 is 0 Å². The molecule has 0 aliphatic carbocycles. The van der Waals surface area contributed by atoms with E-state index in [0.29, 0.717) is 0 Å². The van der Waals surface area contributed by atoms with Crippen molar-refractivity contribution in [1.29, 1.82) is 0 Å². The van der Waals surface area contributed by atoms with E-state index in [9.17, 15) is 19.3 Å². The lowest BCUT2D eigenvalue weighted by molar-refractivity contribution is -0.386. The molecule has 0 radical (unpaired) electrons. The van der Waals surface area contributed by atoms with Crippen LogP contribution < -0.4 is 0 Å². The van der Waals surface area contributed by atoms with E-state index in [-0.39, 0.29) is 37.5 Å². The van der Waals surface area contributed by atoms with E-state index in [0.717, 1.165) is 6.07 Å².